The predicted octanol–water partition coefficient (Wildman–Crippen LogP) is 3.49. The van der Waals surface area contributed by atoms with Crippen molar-refractivity contribution in [2.24, 2.45) is 23.7 Å². The fraction of sp³-hybridized carbons (Fsp3) is 0.500. The minimum absolute atomic E-state index is 0.0198. The van der Waals surface area contributed by atoms with Gasteiger partial charge in [-0.2, -0.15) is 13.2 Å². The Balaban J connectivity index is 1.58. The van der Waals surface area contributed by atoms with Gasteiger partial charge in [0.2, 0.25) is 5.91 Å². The van der Waals surface area contributed by atoms with Crippen LogP contribution in [0.5, 0.6) is 0 Å². The van der Waals surface area contributed by atoms with E-state index in [9.17, 15) is 22.8 Å². The first-order valence-electron chi connectivity index (χ1n) is 7.64. The lowest BCUT2D eigenvalue weighted by Crippen LogP contribution is -2.36. The third kappa shape index (κ3) is 2.29. The molecule has 24 heavy (non-hydrogen) atoms. The van der Waals surface area contributed by atoms with Crippen molar-refractivity contribution in [3.8, 4) is 0 Å². The van der Waals surface area contributed by atoms with Crippen LogP contribution in [0.1, 0.15) is 18.4 Å². The number of carbonyl (C=O) groups is 2. The second-order valence-electron chi connectivity index (χ2n) is 6.60. The molecule has 0 radical (unpaired) electrons. The molecule has 1 aliphatic heterocycles. The van der Waals surface area contributed by atoms with Gasteiger partial charge in [-0.15, -0.1) is 0 Å². The number of ether oxygens (including phenoxy) is 1. The van der Waals surface area contributed by atoms with E-state index >= 15 is 0 Å². The van der Waals surface area contributed by atoms with Crippen molar-refractivity contribution in [1.82, 2.24) is 0 Å². The van der Waals surface area contributed by atoms with E-state index in [0.717, 1.165) is 24.6 Å². The second kappa shape index (κ2) is 5.12. The van der Waals surface area contributed by atoms with Gasteiger partial charge in [0.15, 0.2) is 0 Å². The summed E-state index contributed by atoms with van der Waals surface area (Å²) in [4.78, 5) is 24.5. The van der Waals surface area contributed by atoms with Crippen LogP contribution >= 0.6 is 11.6 Å². The van der Waals surface area contributed by atoms with Gasteiger partial charge in [-0.3, -0.25) is 9.59 Å². The number of amides is 1. The summed E-state index contributed by atoms with van der Waals surface area (Å²) in [6.07, 6.45) is -3.25. The van der Waals surface area contributed by atoms with Crippen LogP contribution in [0.4, 0.5) is 18.9 Å². The van der Waals surface area contributed by atoms with Crippen LogP contribution in [0, 0.1) is 23.7 Å². The number of alkyl halides is 3. The van der Waals surface area contributed by atoms with Gasteiger partial charge in [0.1, 0.15) is 6.10 Å². The zero-order valence-electron chi connectivity index (χ0n) is 12.3. The molecule has 128 valence electrons. The van der Waals surface area contributed by atoms with Gasteiger partial charge in [-0.1, -0.05) is 11.6 Å². The summed E-state index contributed by atoms with van der Waals surface area (Å²) in [5.41, 5.74) is -0.988. The molecular weight excluding hydrogens is 347 g/mol. The Morgan fingerprint density at radius 2 is 2.04 bits per heavy atom. The third-order valence-electron chi connectivity index (χ3n) is 5.34. The Morgan fingerprint density at radius 1 is 1.29 bits per heavy atom. The Bertz CT molecular complexity index is 734. The van der Waals surface area contributed by atoms with Gasteiger partial charge >= 0.3 is 12.1 Å². The zero-order chi connectivity index (χ0) is 17.2. The van der Waals surface area contributed by atoms with Crippen molar-refractivity contribution >= 4 is 29.2 Å². The monoisotopic (exact) mass is 359 g/mol. The molecule has 0 unspecified atom stereocenters. The van der Waals surface area contributed by atoms with Crippen LogP contribution in [-0.2, 0) is 20.5 Å². The molecule has 2 saturated carbocycles. The molecule has 0 aromatic heterocycles. The number of anilines is 1. The fourth-order valence-corrected chi connectivity index (χ4v) is 4.54. The molecule has 1 N–H and O–H groups in total. The van der Waals surface area contributed by atoms with Gasteiger partial charge in [-0.05, 0) is 37.0 Å². The van der Waals surface area contributed by atoms with Crippen LogP contribution in [0.2, 0.25) is 5.02 Å². The molecule has 8 heteroatoms. The second-order valence-corrected chi connectivity index (χ2v) is 7.01. The van der Waals surface area contributed by atoms with Crippen molar-refractivity contribution < 1.29 is 27.5 Å². The summed E-state index contributed by atoms with van der Waals surface area (Å²) in [5.74, 6) is -1.81. The Morgan fingerprint density at radius 3 is 2.75 bits per heavy atom. The van der Waals surface area contributed by atoms with Crippen LogP contribution < -0.4 is 5.32 Å². The molecule has 1 saturated heterocycles. The largest absolute Gasteiger partial charge is 0.462 e. The summed E-state index contributed by atoms with van der Waals surface area (Å²) in [6, 6.07) is 2.76. The summed E-state index contributed by atoms with van der Waals surface area (Å²) < 4.78 is 43.7. The maximum Gasteiger partial charge on any atom is 0.416 e. The average molecular weight is 360 g/mol. The first kappa shape index (κ1) is 15.7. The minimum atomic E-state index is -4.53. The molecule has 0 spiro atoms. The van der Waals surface area contributed by atoms with Crippen LogP contribution in [0.25, 0.3) is 0 Å². The van der Waals surface area contributed by atoms with Gasteiger partial charge in [0.25, 0.3) is 0 Å². The van der Waals surface area contributed by atoms with Crippen molar-refractivity contribution in [3.63, 3.8) is 0 Å². The van der Waals surface area contributed by atoms with E-state index in [4.69, 9.17) is 16.3 Å². The summed E-state index contributed by atoms with van der Waals surface area (Å²) in [6.45, 7) is 0. The van der Waals surface area contributed by atoms with E-state index < -0.39 is 29.5 Å². The van der Waals surface area contributed by atoms with E-state index in [1.807, 2.05) is 0 Å². The molecule has 1 heterocycles. The number of hydrogen-bond acceptors (Lipinski definition) is 3. The maximum absolute atomic E-state index is 12.8. The van der Waals surface area contributed by atoms with Crippen molar-refractivity contribution in [3.05, 3.63) is 28.8 Å². The molecule has 4 nitrogen and oxygen atoms in total. The predicted molar refractivity (Wildman–Crippen MR) is 78.2 cm³/mol. The van der Waals surface area contributed by atoms with E-state index in [-0.39, 0.29) is 34.6 Å². The number of halogens is 4. The van der Waals surface area contributed by atoms with Crippen LogP contribution in [-0.4, -0.2) is 18.0 Å². The lowest BCUT2D eigenvalue weighted by Gasteiger charge is -2.24. The number of hydrogen-bond donors (Lipinski definition) is 1. The fourth-order valence-electron chi connectivity index (χ4n) is 4.38. The minimum Gasteiger partial charge on any atom is -0.462 e. The number of fused-ring (bicyclic) bond motifs is 1. The Kier molecular flexibility index (Phi) is 3.36. The van der Waals surface area contributed by atoms with Crippen molar-refractivity contribution in [1.29, 1.82) is 0 Å². The maximum atomic E-state index is 12.8. The molecule has 4 rings (SSSR count). The third-order valence-corrected chi connectivity index (χ3v) is 5.67. The summed E-state index contributed by atoms with van der Waals surface area (Å²) in [7, 11) is 0. The highest BCUT2D eigenvalue weighted by Crippen LogP contribution is 2.57. The first-order chi connectivity index (χ1) is 11.3. The standard InChI is InChI=1S/C16H13ClF3NO3/c17-9-2-1-7(16(18,19)20)5-10(9)21-14(22)12-6-3-8-11(4-6)24-15(23)13(8)12/h1-2,5-6,8,11-13H,3-4H2,(H,21,22)/t6-,8-,11-,12-,13+/m1/s1. The first-order valence-corrected chi connectivity index (χ1v) is 8.01. The van der Waals surface area contributed by atoms with Gasteiger partial charge in [-0.25, -0.2) is 0 Å². The number of esters is 1. The van der Waals surface area contributed by atoms with E-state index in [0.29, 0.717) is 6.42 Å². The van der Waals surface area contributed by atoms with Gasteiger partial charge < -0.3 is 10.1 Å². The van der Waals surface area contributed by atoms with Gasteiger partial charge in [0, 0.05) is 5.92 Å². The highest BCUT2D eigenvalue weighted by molar-refractivity contribution is 6.33. The number of carbonyl (C=O) groups excluding carboxylic acids is 2. The normalized spacial score (nSPS) is 33.7. The number of benzene rings is 1. The highest BCUT2D eigenvalue weighted by atomic mass is 35.5. The molecule has 2 bridgehead atoms. The van der Waals surface area contributed by atoms with Crippen LogP contribution in [0.15, 0.2) is 18.2 Å². The Hall–Kier alpha value is -1.76. The lowest BCUT2D eigenvalue weighted by molar-refractivity contribution is -0.145. The Labute approximate surface area is 140 Å². The lowest BCUT2D eigenvalue weighted by atomic mass is 9.79. The van der Waals surface area contributed by atoms with Gasteiger partial charge in [0.05, 0.1) is 28.1 Å². The molecule has 5 atom stereocenters. The summed E-state index contributed by atoms with van der Waals surface area (Å²) >= 11 is 5.91. The highest BCUT2D eigenvalue weighted by Gasteiger charge is 2.63. The van der Waals surface area contributed by atoms with Crippen molar-refractivity contribution in [2.45, 2.75) is 25.1 Å². The quantitative estimate of drug-likeness (QED) is 0.822. The molecule has 1 aromatic carbocycles. The molecule has 3 fully saturated rings. The van der Waals surface area contributed by atoms with Crippen molar-refractivity contribution in [2.75, 3.05) is 5.32 Å². The average Bonchev–Trinajstić information content (AvgIpc) is 3.09. The zero-order valence-corrected chi connectivity index (χ0v) is 13.0. The number of nitrogens with one attached hydrogen (secondary N) is 1. The summed E-state index contributed by atoms with van der Waals surface area (Å²) in [5, 5.41) is 2.49. The molecular formula is C16H13ClF3NO3. The molecule has 1 aromatic rings. The van der Waals surface area contributed by atoms with Crippen LogP contribution in [0.3, 0.4) is 0 Å². The van der Waals surface area contributed by atoms with E-state index in [1.54, 1.807) is 0 Å². The molecule has 3 aliphatic rings. The van der Waals surface area contributed by atoms with E-state index in [2.05, 4.69) is 5.32 Å². The number of rotatable bonds is 2. The molecule has 2 aliphatic carbocycles. The smallest absolute Gasteiger partial charge is 0.416 e. The van der Waals surface area contributed by atoms with E-state index in [1.165, 1.54) is 0 Å². The molecule has 1 amide bonds. The topological polar surface area (TPSA) is 55.4 Å². The SMILES string of the molecule is O=C(Nc1cc(C(F)(F)F)ccc1Cl)[C@@H]1[C@@H]2C[C@H]3[C@@H]1C(=O)O[C@@H]3C2.